The van der Waals surface area contributed by atoms with Gasteiger partial charge in [0.1, 0.15) is 12.2 Å². The first-order valence-electron chi connectivity index (χ1n) is 7.09. The maximum absolute atomic E-state index is 11.5. The molecule has 1 heterocycles. The summed E-state index contributed by atoms with van der Waals surface area (Å²) >= 11 is 0. The molecule has 0 unspecified atom stereocenters. The quantitative estimate of drug-likeness (QED) is 0.679. The van der Waals surface area contributed by atoms with Gasteiger partial charge in [0, 0.05) is 5.41 Å². The molecule has 0 aromatic carbocycles. The topological polar surface area (TPSA) is 66.8 Å². The van der Waals surface area contributed by atoms with E-state index in [2.05, 4.69) is 0 Å². The van der Waals surface area contributed by atoms with Gasteiger partial charge in [0.2, 0.25) is 0 Å². The predicted octanol–water partition coefficient (Wildman–Crippen LogP) is 0.852. The normalized spacial score (nSPS) is 58.0. The number of cyclic esters (lactones) is 1. The maximum Gasteiger partial charge on any atom is 0.338 e. The summed E-state index contributed by atoms with van der Waals surface area (Å²) in [5.74, 6) is 1.41. The summed E-state index contributed by atoms with van der Waals surface area (Å²) in [7, 11) is 0. The molecule has 100 valence electrons. The lowest BCUT2D eigenvalue weighted by atomic mass is 9.45. The second kappa shape index (κ2) is 3.28. The molecule has 2 atom stereocenters. The van der Waals surface area contributed by atoms with Crippen molar-refractivity contribution in [2.75, 3.05) is 6.61 Å². The van der Waals surface area contributed by atoms with Gasteiger partial charge < -0.3 is 14.9 Å². The van der Waals surface area contributed by atoms with Gasteiger partial charge in [-0.1, -0.05) is 0 Å². The molecule has 4 nitrogen and oxygen atoms in total. The molecule has 2 N–H and O–H groups in total. The molecule has 18 heavy (non-hydrogen) atoms. The second-order valence-corrected chi connectivity index (χ2v) is 7.13. The van der Waals surface area contributed by atoms with E-state index < -0.39 is 17.7 Å². The largest absolute Gasteiger partial charge is 0.460 e. The molecular weight excluding hydrogens is 232 g/mol. The first-order valence-corrected chi connectivity index (χ1v) is 7.09. The molecule has 4 saturated carbocycles. The summed E-state index contributed by atoms with van der Waals surface area (Å²) in [5, 5.41) is 21.0. The standard InChI is InChI=1S/C14H20O4/c15-11-12(16)18-7-14(11,17)13-4-8-1-9(5-13)3-10(2-8)6-13/h8-11,15,17H,1-7H2/t8?,9?,10?,11-,13?,14+/m1/s1. The number of carbonyl (C=O) groups is 1. The summed E-state index contributed by atoms with van der Waals surface area (Å²) < 4.78 is 4.93. The number of carbonyl (C=O) groups excluding carboxylic acids is 1. The molecule has 4 bridgehead atoms. The Bertz CT molecular complexity index is 369. The Morgan fingerprint density at radius 1 is 1.06 bits per heavy atom. The van der Waals surface area contributed by atoms with Crippen LogP contribution >= 0.6 is 0 Å². The summed E-state index contributed by atoms with van der Waals surface area (Å²) in [4.78, 5) is 11.5. The Labute approximate surface area is 106 Å². The Morgan fingerprint density at radius 3 is 1.94 bits per heavy atom. The number of hydrogen-bond donors (Lipinski definition) is 2. The predicted molar refractivity (Wildman–Crippen MR) is 62.5 cm³/mol. The van der Waals surface area contributed by atoms with Crippen LogP contribution in [-0.4, -0.2) is 34.5 Å². The van der Waals surface area contributed by atoms with Gasteiger partial charge in [0.05, 0.1) is 0 Å². The highest BCUT2D eigenvalue weighted by atomic mass is 16.6. The molecule has 0 spiro atoms. The summed E-state index contributed by atoms with van der Waals surface area (Å²) in [6.45, 7) is -0.0147. The van der Waals surface area contributed by atoms with E-state index in [-0.39, 0.29) is 12.0 Å². The number of esters is 1. The van der Waals surface area contributed by atoms with Gasteiger partial charge >= 0.3 is 5.97 Å². The van der Waals surface area contributed by atoms with Crippen LogP contribution in [0.4, 0.5) is 0 Å². The Hall–Kier alpha value is -0.610. The van der Waals surface area contributed by atoms with Crippen LogP contribution in [0.1, 0.15) is 38.5 Å². The van der Waals surface area contributed by atoms with Crippen molar-refractivity contribution in [2.45, 2.75) is 50.2 Å². The summed E-state index contributed by atoms with van der Waals surface area (Å²) in [5.41, 5.74) is -1.60. The fourth-order valence-corrected chi connectivity index (χ4v) is 5.62. The van der Waals surface area contributed by atoms with E-state index >= 15 is 0 Å². The van der Waals surface area contributed by atoms with E-state index in [4.69, 9.17) is 4.74 Å². The molecule has 0 aromatic rings. The van der Waals surface area contributed by atoms with Gasteiger partial charge in [-0.3, -0.25) is 0 Å². The van der Waals surface area contributed by atoms with E-state index in [1.165, 1.54) is 19.3 Å². The van der Waals surface area contributed by atoms with Crippen LogP contribution in [0.5, 0.6) is 0 Å². The molecule has 4 heteroatoms. The average Bonchev–Trinajstić information content (AvgIpc) is 2.57. The number of rotatable bonds is 1. The summed E-state index contributed by atoms with van der Waals surface area (Å²) in [6, 6.07) is 0. The van der Waals surface area contributed by atoms with E-state index in [0.29, 0.717) is 17.8 Å². The first-order chi connectivity index (χ1) is 8.52. The van der Waals surface area contributed by atoms with Crippen molar-refractivity contribution < 1.29 is 19.7 Å². The summed E-state index contributed by atoms with van der Waals surface area (Å²) in [6.07, 6.45) is 5.38. The molecule has 5 rings (SSSR count). The third kappa shape index (κ3) is 1.21. The zero-order valence-electron chi connectivity index (χ0n) is 10.5. The van der Waals surface area contributed by atoms with Gasteiger partial charge in [-0.05, 0) is 56.3 Å². The van der Waals surface area contributed by atoms with Gasteiger partial charge in [0.25, 0.3) is 0 Å². The molecule has 5 fully saturated rings. The van der Waals surface area contributed by atoms with Crippen LogP contribution in [0.2, 0.25) is 0 Å². The van der Waals surface area contributed by atoms with Crippen LogP contribution < -0.4 is 0 Å². The number of hydrogen-bond acceptors (Lipinski definition) is 4. The van der Waals surface area contributed by atoms with Crippen LogP contribution in [0.25, 0.3) is 0 Å². The third-order valence-corrected chi connectivity index (χ3v) is 6.07. The minimum Gasteiger partial charge on any atom is -0.460 e. The Balaban J connectivity index is 1.73. The van der Waals surface area contributed by atoms with E-state index in [1.807, 2.05) is 0 Å². The van der Waals surface area contributed by atoms with E-state index in [1.54, 1.807) is 0 Å². The molecule has 5 aliphatic rings. The number of aliphatic hydroxyl groups is 2. The number of aliphatic hydroxyl groups excluding tert-OH is 1. The van der Waals surface area contributed by atoms with Crippen molar-refractivity contribution in [3.63, 3.8) is 0 Å². The zero-order chi connectivity index (χ0) is 12.5. The highest BCUT2D eigenvalue weighted by Gasteiger charge is 2.66. The minimum absolute atomic E-state index is 0.0147. The van der Waals surface area contributed by atoms with Gasteiger partial charge in [-0.15, -0.1) is 0 Å². The highest BCUT2D eigenvalue weighted by molar-refractivity contribution is 5.78. The first kappa shape index (κ1) is 11.2. The lowest BCUT2D eigenvalue weighted by molar-refractivity contribution is -0.205. The monoisotopic (exact) mass is 252 g/mol. The van der Waals surface area contributed by atoms with Crippen molar-refractivity contribution in [1.29, 1.82) is 0 Å². The van der Waals surface area contributed by atoms with Gasteiger partial charge in [-0.25, -0.2) is 4.79 Å². The molecule has 1 aliphatic heterocycles. The van der Waals surface area contributed by atoms with Crippen LogP contribution in [0.3, 0.4) is 0 Å². The van der Waals surface area contributed by atoms with Crippen molar-refractivity contribution in [2.24, 2.45) is 23.2 Å². The molecule has 4 aliphatic carbocycles. The van der Waals surface area contributed by atoms with Crippen molar-refractivity contribution in [3.8, 4) is 0 Å². The average molecular weight is 252 g/mol. The third-order valence-electron chi connectivity index (χ3n) is 6.07. The van der Waals surface area contributed by atoms with Gasteiger partial charge in [0.15, 0.2) is 6.10 Å². The Morgan fingerprint density at radius 2 is 1.56 bits per heavy atom. The Kier molecular flexibility index (Phi) is 2.05. The van der Waals surface area contributed by atoms with Crippen molar-refractivity contribution in [3.05, 3.63) is 0 Å². The molecule has 0 aromatic heterocycles. The zero-order valence-corrected chi connectivity index (χ0v) is 10.5. The van der Waals surface area contributed by atoms with Crippen molar-refractivity contribution in [1.82, 2.24) is 0 Å². The van der Waals surface area contributed by atoms with Gasteiger partial charge in [-0.2, -0.15) is 0 Å². The van der Waals surface area contributed by atoms with Crippen molar-refractivity contribution >= 4 is 5.97 Å². The van der Waals surface area contributed by atoms with Crippen LogP contribution in [0.15, 0.2) is 0 Å². The van der Waals surface area contributed by atoms with E-state index in [0.717, 1.165) is 19.3 Å². The lowest BCUT2D eigenvalue weighted by Gasteiger charge is -2.61. The molecule has 0 radical (unpaired) electrons. The fraction of sp³-hybridized carbons (Fsp3) is 0.929. The molecule has 1 saturated heterocycles. The highest BCUT2D eigenvalue weighted by Crippen LogP contribution is 2.64. The lowest BCUT2D eigenvalue weighted by Crippen LogP contribution is -2.63. The van der Waals surface area contributed by atoms with Crippen LogP contribution in [0, 0.1) is 23.2 Å². The fourth-order valence-electron chi connectivity index (χ4n) is 5.62. The minimum atomic E-state index is -1.34. The van der Waals surface area contributed by atoms with Crippen LogP contribution in [-0.2, 0) is 9.53 Å². The number of ether oxygens (including phenoxy) is 1. The smallest absolute Gasteiger partial charge is 0.338 e. The maximum atomic E-state index is 11.5. The SMILES string of the molecule is O=C1OC[C@@](O)(C23CC4CC(CC(C4)C2)C3)[C@@H]1O. The molecule has 0 amide bonds. The molecular formula is C14H20O4. The second-order valence-electron chi connectivity index (χ2n) is 7.13. The van der Waals surface area contributed by atoms with E-state index in [9.17, 15) is 15.0 Å².